The van der Waals surface area contributed by atoms with Gasteiger partial charge in [0.1, 0.15) is 5.84 Å². The van der Waals surface area contributed by atoms with Crippen LogP contribution < -0.4 is 16.4 Å². The van der Waals surface area contributed by atoms with Crippen molar-refractivity contribution in [3.05, 3.63) is 77.8 Å². The van der Waals surface area contributed by atoms with E-state index in [4.69, 9.17) is 10.7 Å². The molecule has 5 rings (SSSR count). The van der Waals surface area contributed by atoms with E-state index in [2.05, 4.69) is 70.0 Å². The zero-order valence-corrected chi connectivity index (χ0v) is 16.5. The minimum atomic E-state index is -0.903. The van der Waals surface area contributed by atoms with Crippen molar-refractivity contribution in [2.75, 3.05) is 5.32 Å². The lowest BCUT2D eigenvalue weighted by Gasteiger charge is -2.32. The number of nitrogens with zero attached hydrogens (tertiary/aromatic N) is 1. The van der Waals surface area contributed by atoms with Gasteiger partial charge in [-0.25, -0.2) is 4.99 Å². The molecule has 2 aromatic carbocycles. The molecule has 6 heteroatoms. The number of aromatic amines is 2. The number of aliphatic imine (C=N–C) groups is 1. The molecule has 0 aliphatic carbocycles. The van der Waals surface area contributed by atoms with E-state index >= 15 is 0 Å². The molecule has 0 radical (unpaired) electrons. The van der Waals surface area contributed by atoms with Gasteiger partial charge >= 0.3 is 0 Å². The molecule has 0 amide bonds. The topological polar surface area (TPSA) is 94.0 Å². The first-order chi connectivity index (χ1) is 14.0. The molecule has 0 fully saturated rings. The van der Waals surface area contributed by atoms with Crippen LogP contribution in [0.3, 0.4) is 0 Å². The molecule has 6 N–H and O–H groups in total. The Balaban J connectivity index is 1.42. The van der Waals surface area contributed by atoms with Gasteiger partial charge in [0.25, 0.3) is 0 Å². The third-order valence-electron chi connectivity index (χ3n) is 5.21. The van der Waals surface area contributed by atoms with Crippen molar-refractivity contribution in [2.24, 2.45) is 10.7 Å². The molecule has 2 aromatic heterocycles. The van der Waals surface area contributed by atoms with Crippen LogP contribution in [0, 0.1) is 6.92 Å². The standard InChI is InChI=1S/C23H24N6/c1-14-9-18-12-19(4-6-21(18)26-14)27-22-10-15(2)28-23(24,29-22)13-16-3-5-20-17(11-16)7-8-25-20/h3-12,25-26,28H,13,24H2,1-2H3,(H,27,29). The monoisotopic (exact) mass is 384 g/mol. The highest BCUT2D eigenvalue weighted by Crippen LogP contribution is 2.23. The predicted octanol–water partition coefficient (Wildman–Crippen LogP) is 4.13. The summed E-state index contributed by atoms with van der Waals surface area (Å²) < 4.78 is 0. The van der Waals surface area contributed by atoms with Gasteiger partial charge in [-0.05, 0) is 73.3 Å². The van der Waals surface area contributed by atoms with Crippen LogP contribution in [0.5, 0.6) is 0 Å². The predicted molar refractivity (Wildman–Crippen MR) is 120 cm³/mol. The van der Waals surface area contributed by atoms with Crippen molar-refractivity contribution in [3.8, 4) is 0 Å². The molecule has 146 valence electrons. The average molecular weight is 384 g/mol. The Morgan fingerprint density at radius 2 is 1.86 bits per heavy atom. The van der Waals surface area contributed by atoms with Crippen molar-refractivity contribution < 1.29 is 0 Å². The molecule has 4 aromatic rings. The lowest BCUT2D eigenvalue weighted by molar-refractivity contribution is 0.377. The van der Waals surface area contributed by atoms with Crippen molar-refractivity contribution >= 4 is 33.3 Å². The highest BCUT2D eigenvalue weighted by molar-refractivity contribution is 6.05. The van der Waals surface area contributed by atoms with E-state index in [-0.39, 0.29) is 0 Å². The van der Waals surface area contributed by atoms with Crippen molar-refractivity contribution in [3.63, 3.8) is 0 Å². The van der Waals surface area contributed by atoms with E-state index < -0.39 is 5.79 Å². The molecule has 29 heavy (non-hydrogen) atoms. The molecule has 0 saturated heterocycles. The van der Waals surface area contributed by atoms with Crippen LogP contribution in [0.25, 0.3) is 21.8 Å². The van der Waals surface area contributed by atoms with E-state index in [1.54, 1.807) is 0 Å². The summed E-state index contributed by atoms with van der Waals surface area (Å²) in [5.41, 5.74) is 13.1. The fourth-order valence-corrected chi connectivity index (χ4v) is 4.03. The Morgan fingerprint density at radius 1 is 1.00 bits per heavy atom. The lowest BCUT2D eigenvalue weighted by Crippen LogP contribution is -2.55. The summed E-state index contributed by atoms with van der Waals surface area (Å²) in [4.78, 5) is 11.4. The van der Waals surface area contributed by atoms with Gasteiger partial charge in [-0.2, -0.15) is 0 Å². The van der Waals surface area contributed by atoms with E-state index in [9.17, 15) is 0 Å². The summed E-state index contributed by atoms with van der Waals surface area (Å²) >= 11 is 0. The van der Waals surface area contributed by atoms with Crippen LogP contribution in [-0.2, 0) is 6.42 Å². The highest BCUT2D eigenvalue weighted by Gasteiger charge is 2.28. The van der Waals surface area contributed by atoms with Gasteiger partial charge < -0.3 is 20.6 Å². The van der Waals surface area contributed by atoms with Crippen molar-refractivity contribution in [1.29, 1.82) is 0 Å². The summed E-state index contributed by atoms with van der Waals surface area (Å²) in [5, 5.41) is 9.09. The smallest absolute Gasteiger partial charge is 0.188 e. The molecule has 3 heterocycles. The SMILES string of the molecule is CC1=CC(Nc2ccc3[nH]c(C)cc3c2)=NC(N)(Cc2ccc3[nH]ccc3c2)N1. The molecule has 0 spiro atoms. The summed E-state index contributed by atoms with van der Waals surface area (Å²) in [6, 6.07) is 16.8. The number of benzene rings is 2. The van der Waals surface area contributed by atoms with Gasteiger partial charge in [0.2, 0.25) is 0 Å². The summed E-state index contributed by atoms with van der Waals surface area (Å²) in [6.07, 6.45) is 4.51. The maximum absolute atomic E-state index is 6.65. The Bertz CT molecular complexity index is 1280. The fourth-order valence-electron chi connectivity index (χ4n) is 4.03. The van der Waals surface area contributed by atoms with Crippen LogP contribution in [0.2, 0.25) is 0 Å². The number of nitrogens with two attached hydrogens (primary N) is 1. The largest absolute Gasteiger partial charge is 0.361 e. The van der Waals surface area contributed by atoms with E-state index in [1.165, 1.54) is 10.8 Å². The summed E-state index contributed by atoms with van der Waals surface area (Å²) in [5.74, 6) is -0.155. The molecule has 1 unspecified atom stereocenters. The molecule has 1 atom stereocenters. The summed E-state index contributed by atoms with van der Waals surface area (Å²) in [7, 11) is 0. The van der Waals surface area contributed by atoms with E-state index in [1.807, 2.05) is 25.3 Å². The first-order valence-corrected chi connectivity index (χ1v) is 9.73. The molecule has 1 aliphatic rings. The van der Waals surface area contributed by atoms with Crippen LogP contribution in [0.15, 0.2) is 71.5 Å². The number of allylic oxidation sites excluding steroid dienone is 1. The number of aryl methyl sites for hydroxylation is 1. The molecular formula is C23H24N6. The zero-order valence-electron chi connectivity index (χ0n) is 16.5. The number of amidine groups is 1. The van der Waals surface area contributed by atoms with E-state index in [0.29, 0.717) is 6.42 Å². The van der Waals surface area contributed by atoms with Crippen LogP contribution in [0.4, 0.5) is 5.69 Å². The third kappa shape index (κ3) is 3.50. The number of anilines is 1. The number of fused-ring (bicyclic) bond motifs is 2. The van der Waals surface area contributed by atoms with Gasteiger partial charge in [0.05, 0.1) is 0 Å². The van der Waals surface area contributed by atoms with E-state index in [0.717, 1.165) is 39.5 Å². The Kier molecular flexibility index (Phi) is 3.96. The van der Waals surface area contributed by atoms with Gasteiger partial charge in [-0.3, -0.25) is 5.73 Å². The maximum Gasteiger partial charge on any atom is 0.188 e. The molecule has 1 aliphatic heterocycles. The first-order valence-electron chi connectivity index (χ1n) is 9.73. The van der Waals surface area contributed by atoms with Gasteiger partial charge in [-0.1, -0.05) is 6.07 Å². The lowest BCUT2D eigenvalue weighted by atomic mass is 10.0. The molecule has 6 nitrogen and oxygen atoms in total. The number of hydrogen-bond donors (Lipinski definition) is 5. The van der Waals surface area contributed by atoms with Gasteiger partial charge in [-0.15, -0.1) is 0 Å². The normalized spacial score (nSPS) is 19.1. The second kappa shape index (κ2) is 6.53. The highest BCUT2D eigenvalue weighted by atomic mass is 15.3. The minimum Gasteiger partial charge on any atom is -0.361 e. The van der Waals surface area contributed by atoms with Crippen molar-refractivity contribution in [2.45, 2.75) is 26.1 Å². The number of aromatic nitrogens is 2. The molecular weight excluding hydrogens is 360 g/mol. The van der Waals surface area contributed by atoms with Crippen molar-refractivity contribution in [1.82, 2.24) is 15.3 Å². The van der Waals surface area contributed by atoms with Crippen LogP contribution in [0.1, 0.15) is 18.2 Å². The van der Waals surface area contributed by atoms with Gasteiger partial charge in [0.15, 0.2) is 5.79 Å². The Labute approximate surface area is 168 Å². The Hall–Kier alpha value is -3.51. The Morgan fingerprint density at radius 3 is 2.76 bits per heavy atom. The molecule has 0 saturated carbocycles. The maximum atomic E-state index is 6.65. The number of rotatable bonds is 3. The van der Waals surface area contributed by atoms with Gasteiger partial charge in [0, 0.05) is 46.1 Å². The second-order valence-corrected chi connectivity index (χ2v) is 7.83. The molecule has 0 bridgehead atoms. The third-order valence-corrected chi connectivity index (χ3v) is 5.21. The number of hydrogen-bond acceptors (Lipinski definition) is 4. The average Bonchev–Trinajstić information content (AvgIpc) is 3.25. The van der Waals surface area contributed by atoms with Crippen LogP contribution in [-0.4, -0.2) is 21.6 Å². The summed E-state index contributed by atoms with van der Waals surface area (Å²) in [6.45, 7) is 4.07. The number of nitrogens with one attached hydrogen (secondary N) is 4. The fraction of sp³-hybridized carbons (Fsp3) is 0.174. The number of H-pyrrole nitrogens is 2. The zero-order chi connectivity index (χ0) is 20.0. The quantitative estimate of drug-likeness (QED) is 0.368. The first kappa shape index (κ1) is 17.6. The van der Waals surface area contributed by atoms with Crippen LogP contribution >= 0.6 is 0 Å². The second-order valence-electron chi connectivity index (χ2n) is 7.83. The minimum absolute atomic E-state index is 0.584.